The number of nitrogens with two attached hydrogens (primary N) is 1. The second-order valence-electron chi connectivity index (χ2n) is 6.72. The Balaban J connectivity index is 1.90. The van der Waals surface area contributed by atoms with Gasteiger partial charge in [-0.15, -0.1) is 0 Å². The van der Waals surface area contributed by atoms with Crippen molar-refractivity contribution in [2.24, 2.45) is 10.7 Å². The Morgan fingerprint density at radius 1 is 1.14 bits per heavy atom. The van der Waals surface area contributed by atoms with Crippen LogP contribution in [0.4, 0.5) is 0 Å². The van der Waals surface area contributed by atoms with Crippen molar-refractivity contribution < 1.29 is 14.3 Å². The number of hydrogen-bond acceptors (Lipinski definition) is 4. The van der Waals surface area contributed by atoms with Crippen LogP contribution in [0, 0.1) is 6.92 Å². The molecule has 0 aliphatic heterocycles. The van der Waals surface area contributed by atoms with Crippen LogP contribution in [0.1, 0.15) is 25.0 Å². The number of ether oxygens (including phenoxy) is 2. The van der Waals surface area contributed by atoms with Crippen molar-refractivity contribution in [1.82, 2.24) is 10.6 Å². The Hall–Kier alpha value is -3.22. The molecule has 0 heterocycles. The first kappa shape index (κ1) is 22.1. The van der Waals surface area contributed by atoms with Crippen LogP contribution in [-0.4, -0.2) is 37.7 Å². The van der Waals surface area contributed by atoms with E-state index in [0.717, 1.165) is 17.9 Å². The molecule has 2 rings (SSSR count). The minimum atomic E-state index is -0.506. The van der Waals surface area contributed by atoms with E-state index in [1.54, 1.807) is 6.07 Å². The summed E-state index contributed by atoms with van der Waals surface area (Å²) in [6, 6.07) is 15.4. The summed E-state index contributed by atoms with van der Waals surface area (Å²) in [6.07, 6.45) is -0.0221. The molecule has 29 heavy (non-hydrogen) atoms. The third kappa shape index (κ3) is 8.55. The van der Waals surface area contributed by atoms with Crippen LogP contribution < -0.4 is 25.8 Å². The van der Waals surface area contributed by atoms with Gasteiger partial charge in [0.2, 0.25) is 0 Å². The van der Waals surface area contributed by atoms with Crippen LogP contribution in [0.15, 0.2) is 53.5 Å². The second-order valence-corrected chi connectivity index (χ2v) is 6.72. The Morgan fingerprint density at radius 2 is 1.90 bits per heavy atom. The number of guanidine groups is 1. The quantitative estimate of drug-likeness (QED) is 0.422. The summed E-state index contributed by atoms with van der Waals surface area (Å²) in [5.41, 5.74) is 7.24. The van der Waals surface area contributed by atoms with Crippen LogP contribution in [0.25, 0.3) is 0 Å². The molecule has 0 aliphatic carbocycles. The maximum absolute atomic E-state index is 10.9. The van der Waals surface area contributed by atoms with Gasteiger partial charge in [0.15, 0.2) is 12.6 Å². The molecule has 7 nitrogen and oxygen atoms in total. The number of hydrogen-bond donors (Lipinski definition) is 3. The van der Waals surface area contributed by atoms with Gasteiger partial charge in [0.05, 0.1) is 13.1 Å². The molecular weight excluding hydrogens is 368 g/mol. The molecule has 0 saturated heterocycles. The number of nitrogens with zero attached hydrogens (tertiary/aromatic N) is 1. The molecule has 0 saturated carbocycles. The van der Waals surface area contributed by atoms with Gasteiger partial charge in [-0.3, -0.25) is 4.79 Å². The average Bonchev–Trinajstić information content (AvgIpc) is 2.69. The van der Waals surface area contributed by atoms with Gasteiger partial charge in [-0.05, 0) is 56.2 Å². The molecule has 0 bridgehead atoms. The van der Waals surface area contributed by atoms with E-state index < -0.39 is 5.91 Å². The van der Waals surface area contributed by atoms with E-state index in [-0.39, 0.29) is 12.7 Å². The topological polar surface area (TPSA) is 98.0 Å². The zero-order valence-corrected chi connectivity index (χ0v) is 17.3. The fraction of sp³-hybridized carbons (Fsp3) is 0.364. The number of carbonyl (C=O) groups is 1. The van der Waals surface area contributed by atoms with Crippen molar-refractivity contribution in [1.29, 1.82) is 0 Å². The molecule has 156 valence electrons. The Morgan fingerprint density at radius 3 is 2.62 bits per heavy atom. The Bertz CT molecular complexity index is 823. The van der Waals surface area contributed by atoms with Crippen LogP contribution in [-0.2, 0) is 11.3 Å². The molecule has 7 heteroatoms. The van der Waals surface area contributed by atoms with Gasteiger partial charge < -0.3 is 25.8 Å². The highest BCUT2D eigenvalue weighted by Gasteiger charge is 2.06. The summed E-state index contributed by atoms with van der Waals surface area (Å²) in [6.45, 7) is 7.76. The molecule has 4 N–H and O–H groups in total. The fourth-order valence-electron chi connectivity index (χ4n) is 2.60. The summed E-state index contributed by atoms with van der Waals surface area (Å²) in [7, 11) is 0. The van der Waals surface area contributed by atoms with E-state index >= 15 is 0 Å². The van der Waals surface area contributed by atoms with Crippen LogP contribution in [0.2, 0.25) is 0 Å². The maximum atomic E-state index is 10.9. The van der Waals surface area contributed by atoms with Crippen LogP contribution in [0.5, 0.6) is 11.5 Å². The smallest absolute Gasteiger partial charge is 0.255 e. The normalized spacial score (nSPS) is 12.2. The second kappa shape index (κ2) is 11.6. The van der Waals surface area contributed by atoms with Crippen molar-refractivity contribution in [3.05, 3.63) is 59.7 Å². The van der Waals surface area contributed by atoms with E-state index in [4.69, 9.17) is 15.2 Å². The molecule has 0 fully saturated rings. The zero-order valence-electron chi connectivity index (χ0n) is 17.3. The highest BCUT2D eigenvalue weighted by molar-refractivity contribution is 5.79. The first-order chi connectivity index (χ1) is 14.0. The van der Waals surface area contributed by atoms with E-state index in [1.165, 1.54) is 5.56 Å². The van der Waals surface area contributed by atoms with E-state index in [9.17, 15) is 4.79 Å². The minimum Gasteiger partial charge on any atom is -0.489 e. The lowest BCUT2D eigenvalue weighted by Gasteiger charge is -2.18. The van der Waals surface area contributed by atoms with E-state index in [0.29, 0.717) is 24.8 Å². The molecule has 1 amide bonds. The van der Waals surface area contributed by atoms with Gasteiger partial charge in [0.25, 0.3) is 5.91 Å². The van der Waals surface area contributed by atoms with Crippen molar-refractivity contribution >= 4 is 11.9 Å². The molecule has 1 atom stereocenters. The highest BCUT2D eigenvalue weighted by Crippen LogP contribution is 2.15. The first-order valence-electron chi connectivity index (χ1n) is 9.71. The highest BCUT2D eigenvalue weighted by atomic mass is 16.5. The largest absolute Gasteiger partial charge is 0.489 e. The minimum absolute atomic E-state index is 0.0221. The summed E-state index contributed by atoms with van der Waals surface area (Å²) in [5.74, 6) is 1.65. The molecular formula is C22H30N4O3. The lowest BCUT2D eigenvalue weighted by Crippen LogP contribution is -2.41. The molecule has 0 spiro atoms. The average molecular weight is 399 g/mol. The molecule has 0 aliphatic rings. The van der Waals surface area contributed by atoms with Crippen molar-refractivity contribution in [2.75, 3.05) is 19.7 Å². The number of nitrogens with one attached hydrogen (secondary N) is 2. The third-order valence-corrected chi connectivity index (χ3v) is 3.93. The monoisotopic (exact) mass is 398 g/mol. The number of benzene rings is 2. The number of aliphatic imine (C=N–C) groups is 1. The third-order valence-electron chi connectivity index (χ3n) is 3.93. The molecule has 2 aromatic carbocycles. The predicted octanol–water partition coefficient (Wildman–Crippen LogP) is 2.38. The van der Waals surface area contributed by atoms with Crippen molar-refractivity contribution in [2.45, 2.75) is 33.4 Å². The van der Waals surface area contributed by atoms with Crippen molar-refractivity contribution in [3.8, 4) is 11.5 Å². The number of primary amides is 1. The van der Waals surface area contributed by atoms with Gasteiger partial charge in [0, 0.05) is 6.54 Å². The number of rotatable bonds is 10. The zero-order chi connectivity index (χ0) is 21.1. The number of carbonyl (C=O) groups excluding carboxylic acids is 1. The Kier molecular flexibility index (Phi) is 8.82. The van der Waals surface area contributed by atoms with Gasteiger partial charge in [-0.1, -0.05) is 24.3 Å². The Labute approximate surface area is 172 Å². The van der Waals surface area contributed by atoms with Crippen LogP contribution in [0.3, 0.4) is 0 Å². The van der Waals surface area contributed by atoms with E-state index in [1.807, 2.05) is 63.2 Å². The molecule has 1 unspecified atom stereocenters. The van der Waals surface area contributed by atoms with E-state index in [2.05, 4.69) is 15.6 Å². The lowest BCUT2D eigenvalue weighted by atomic mass is 10.2. The summed E-state index contributed by atoms with van der Waals surface area (Å²) in [4.78, 5) is 15.5. The molecule has 0 aromatic heterocycles. The van der Waals surface area contributed by atoms with Gasteiger partial charge >= 0.3 is 0 Å². The number of aryl methyl sites for hydroxylation is 1. The lowest BCUT2D eigenvalue weighted by molar-refractivity contribution is -0.119. The van der Waals surface area contributed by atoms with Crippen molar-refractivity contribution in [3.63, 3.8) is 0 Å². The first-order valence-corrected chi connectivity index (χ1v) is 9.71. The summed E-state index contributed by atoms with van der Waals surface area (Å²) >= 11 is 0. The summed E-state index contributed by atoms with van der Waals surface area (Å²) in [5, 5.41) is 6.53. The molecule has 2 aromatic rings. The van der Waals surface area contributed by atoms with Crippen LogP contribution >= 0.6 is 0 Å². The molecule has 0 radical (unpaired) electrons. The van der Waals surface area contributed by atoms with Gasteiger partial charge in [-0.2, -0.15) is 0 Å². The standard InChI is InChI=1S/C22H30N4O3/c1-4-24-22(25-13-17(3)29-20-10-5-7-16(2)11-20)26-14-18-8-6-9-19(12-18)28-15-21(23)27/h5-12,17H,4,13-15H2,1-3H3,(H2,23,27)(H2,24,25,26). The summed E-state index contributed by atoms with van der Waals surface area (Å²) < 4.78 is 11.3. The predicted molar refractivity (Wildman–Crippen MR) is 115 cm³/mol. The van der Waals surface area contributed by atoms with Gasteiger partial charge in [0.1, 0.15) is 17.6 Å². The SMILES string of the molecule is CCNC(=NCc1cccc(OCC(N)=O)c1)NCC(C)Oc1cccc(C)c1. The maximum Gasteiger partial charge on any atom is 0.255 e. The number of amides is 1. The fourth-order valence-corrected chi connectivity index (χ4v) is 2.60. The van der Waals surface area contributed by atoms with Gasteiger partial charge in [-0.25, -0.2) is 4.99 Å².